The van der Waals surface area contributed by atoms with E-state index in [0.29, 0.717) is 18.7 Å². The van der Waals surface area contributed by atoms with E-state index in [1.165, 1.54) is 17.0 Å². The number of benzene rings is 2. The first-order valence-electron chi connectivity index (χ1n) is 8.93. The Morgan fingerprint density at radius 2 is 1.93 bits per heavy atom. The first-order chi connectivity index (χ1) is 12.9. The summed E-state index contributed by atoms with van der Waals surface area (Å²) < 4.78 is 33.0. The zero-order valence-corrected chi connectivity index (χ0v) is 16.3. The van der Waals surface area contributed by atoms with Crippen LogP contribution in [0.25, 0.3) is 0 Å². The molecule has 0 saturated heterocycles. The van der Waals surface area contributed by atoms with Gasteiger partial charge in [0.2, 0.25) is 10.0 Å². The van der Waals surface area contributed by atoms with Gasteiger partial charge in [0.15, 0.2) is 0 Å². The van der Waals surface area contributed by atoms with Gasteiger partial charge in [-0.2, -0.15) is 0 Å². The van der Waals surface area contributed by atoms with E-state index >= 15 is 0 Å². The second-order valence-corrected chi connectivity index (χ2v) is 8.48. The van der Waals surface area contributed by atoms with Gasteiger partial charge in [-0.15, -0.1) is 0 Å². The van der Waals surface area contributed by atoms with E-state index in [0.717, 1.165) is 24.2 Å². The number of likely N-dealkylation sites (N-methyl/N-ethyl adjacent to an activating group) is 1. The molecule has 1 N–H and O–H groups in total. The van der Waals surface area contributed by atoms with E-state index in [4.69, 9.17) is 4.74 Å². The number of carbonyl (C=O) groups is 1. The molecular weight excluding hydrogens is 364 g/mol. The van der Waals surface area contributed by atoms with Crippen LogP contribution < -0.4 is 9.46 Å². The summed E-state index contributed by atoms with van der Waals surface area (Å²) in [5.41, 5.74) is 1.37. The smallest absolute Gasteiger partial charge is 0.253 e. The fraction of sp³-hybridized carbons (Fsp3) is 0.350. The van der Waals surface area contributed by atoms with Crippen molar-refractivity contribution in [3.63, 3.8) is 0 Å². The highest BCUT2D eigenvalue weighted by molar-refractivity contribution is 7.89. The third kappa shape index (κ3) is 5.08. The number of para-hydroxylation sites is 1. The van der Waals surface area contributed by atoms with Crippen LogP contribution in [0.1, 0.15) is 28.8 Å². The van der Waals surface area contributed by atoms with Gasteiger partial charge in [0.25, 0.3) is 5.91 Å². The number of aryl methyl sites for hydroxylation is 1. The Morgan fingerprint density at radius 3 is 2.63 bits per heavy atom. The Morgan fingerprint density at radius 1 is 1.19 bits per heavy atom. The van der Waals surface area contributed by atoms with Crippen molar-refractivity contribution in [2.24, 2.45) is 0 Å². The Bertz CT molecular complexity index is 923. The van der Waals surface area contributed by atoms with Crippen LogP contribution in [0, 0.1) is 6.92 Å². The lowest BCUT2D eigenvalue weighted by atomic mass is 10.2. The molecule has 1 fully saturated rings. The normalized spacial score (nSPS) is 14.0. The quantitative estimate of drug-likeness (QED) is 0.754. The molecule has 1 saturated carbocycles. The summed E-state index contributed by atoms with van der Waals surface area (Å²) in [5.74, 6) is 0.546. The van der Waals surface area contributed by atoms with Crippen molar-refractivity contribution in [2.45, 2.75) is 30.7 Å². The fourth-order valence-electron chi connectivity index (χ4n) is 2.62. The van der Waals surface area contributed by atoms with Crippen molar-refractivity contribution in [1.29, 1.82) is 0 Å². The molecule has 0 aliphatic heterocycles. The molecule has 0 radical (unpaired) electrons. The summed E-state index contributed by atoms with van der Waals surface area (Å²) in [5, 5.41) is 0. The van der Waals surface area contributed by atoms with Gasteiger partial charge in [-0.05, 0) is 49.6 Å². The van der Waals surface area contributed by atoms with E-state index in [-0.39, 0.29) is 16.8 Å². The van der Waals surface area contributed by atoms with Crippen molar-refractivity contribution in [3.8, 4) is 5.75 Å². The SMILES string of the molecule is Cc1ccccc1OCCN(C)C(=O)c1cccc(S(=O)(=O)NC2CC2)c1. The fourth-order valence-corrected chi connectivity index (χ4v) is 3.97. The molecule has 7 heteroatoms. The van der Waals surface area contributed by atoms with Crippen molar-refractivity contribution in [3.05, 3.63) is 59.7 Å². The highest BCUT2D eigenvalue weighted by Gasteiger charge is 2.28. The molecule has 1 aliphatic rings. The van der Waals surface area contributed by atoms with Crippen molar-refractivity contribution in [1.82, 2.24) is 9.62 Å². The molecule has 0 unspecified atom stereocenters. The number of amides is 1. The maximum Gasteiger partial charge on any atom is 0.253 e. The van der Waals surface area contributed by atoms with Gasteiger partial charge in [0.1, 0.15) is 12.4 Å². The first-order valence-corrected chi connectivity index (χ1v) is 10.4. The number of carbonyl (C=O) groups excluding carboxylic acids is 1. The standard InChI is InChI=1S/C20H24N2O4S/c1-15-6-3-4-9-19(15)26-13-12-22(2)20(23)16-7-5-8-18(14-16)27(24,25)21-17-10-11-17/h3-9,14,17,21H,10-13H2,1-2H3. The number of hydrogen-bond acceptors (Lipinski definition) is 4. The predicted molar refractivity (Wildman–Crippen MR) is 103 cm³/mol. The Labute approximate surface area is 160 Å². The van der Waals surface area contributed by atoms with Gasteiger partial charge >= 0.3 is 0 Å². The second-order valence-electron chi connectivity index (χ2n) is 6.76. The van der Waals surface area contributed by atoms with Crippen LogP contribution in [0.3, 0.4) is 0 Å². The first kappa shape index (κ1) is 19.4. The molecule has 0 aromatic heterocycles. The van der Waals surface area contributed by atoms with Gasteiger partial charge in [-0.3, -0.25) is 4.79 Å². The third-order valence-corrected chi connectivity index (χ3v) is 5.93. The molecule has 144 valence electrons. The van der Waals surface area contributed by atoms with E-state index in [2.05, 4.69) is 4.72 Å². The van der Waals surface area contributed by atoms with Gasteiger partial charge in [0, 0.05) is 18.7 Å². The summed E-state index contributed by atoms with van der Waals surface area (Å²) in [6.45, 7) is 2.71. The number of hydrogen-bond donors (Lipinski definition) is 1. The highest BCUT2D eigenvalue weighted by Crippen LogP contribution is 2.22. The summed E-state index contributed by atoms with van der Waals surface area (Å²) in [6, 6.07) is 13.9. The molecule has 0 heterocycles. The Kier molecular flexibility index (Phi) is 5.82. The van der Waals surface area contributed by atoms with E-state index < -0.39 is 10.0 Å². The van der Waals surface area contributed by atoms with Crippen LogP contribution in [0.4, 0.5) is 0 Å². The van der Waals surface area contributed by atoms with Crippen molar-refractivity contribution >= 4 is 15.9 Å². The summed E-state index contributed by atoms with van der Waals surface area (Å²) in [6.07, 6.45) is 1.73. The van der Waals surface area contributed by atoms with E-state index in [1.807, 2.05) is 31.2 Å². The third-order valence-electron chi connectivity index (χ3n) is 4.42. The van der Waals surface area contributed by atoms with Gasteiger partial charge in [-0.25, -0.2) is 13.1 Å². The van der Waals surface area contributed by atoms with Crippen LogP contribution in [0.15, 0.2) is 53.4 Å². The molecule has 1 amide bonds. The molecule has 2 aromatic rings. The van der Waals surface area contributed by atoms with Crippen LogP contribution in [-0.2, 0) is 10.0 Å². The molecule has 0 atom stereocenters. The molecular formula is C20H24N2O4S. The molecule has 0 bridgehead atoms. The lowest BCUT2D eigenvalue weighted by molar-refractivity contribution is 0.0773. The average Bonchev–Trinajstić information content (AvgIpc) is 3.46. The molecule has 2 aromatic carbocycles. The van der Waals surface area contributed by atoms with Crippen molar-refractivity contribution < 1.29 is 17.9 Å². The Hall–Kier alpha value is -2.38. The number of nitrogens with zero attached hydrogens (tertiary/aromatic N) is 1. The minimum atomic E-state index is -3.58. The van der Waals surface area contributed by atoms with Gasteiger partial charge < -0.3 is 9.64 Å². The maximum atomic E-state index is 12.6. The zero-order valence-electron chi connectivity index (χ0n) is 15.5. The largest absolute Gasteiger partial charge is 0.491 e. The summed E-state index contributed by atoms with van der Waals surface area (Å²) >= 11 is 0. The van der Waals surface area contributed by atoms with Crippen LogP contribution in [0.5, 0.6) is 5.75 Å². The second kappa shape index (κ2) is 8.10. The number of rotatable bonds is 8. The van der Waals surface area contributed by atoms with Gasteiger partial charge in [0.05, 0.1) is 11.4 Å². The molecule has 3 rings (SSSR count). The lowest BCUT2D eigenvalue weighted by Crippen LogP contribution is -2.31. The molecule has 0 spiro atoms. The lowest BCUT2D eigenvalue weighted by Gasteiger charge is -2.18. The maximum absolute atomic E-state index is 12.6. The minimum absolute atomic E-state index is 0.0237. The van der Waals surface area contributed by atoms with Crippen molar-refractivity contribution in [2.75, 3.05) is 20.2 Å². The number of sulfonamides is 1. The molecule has 6 nitrogen and oxygen atoms in total. The van der Waals surface area contributed by atoms with Gasteiger partial charge in [-0.1, -0.05) is 24.3 Å². The molecule has 1 aliphatic carbocycles. The zero-order chi connectivity index (χ0) is 19.4. The summed E-state index contributed by atoms with van der Waals surface area (Å²) in [4.78, 5) is 14.3. The monoisotopic (exact) mass is 388 g/mol. The van der Waals surface area contributed by atoms with Crippen LogP contribution in [0.2, 0.25) is 0 Å². The van der Waals surface area contributed by atoms with E-state index in [1.54, 1.807) is 19.2 Å². The Balaban J connectivity index is 1.61. The average molecular weight is 388 g/mol. The molecule has 27 heavy (non-hydrogen) atoms. The van der Waals surface area contributed by atoms with Crippen LogP contribution in [-0.4, -0.2) is 45.5 Å². The topological polar surface area (TPSA) is 75.7 Å². The number of ether oxygens (including phenoxy) is 1. The highest BCUT2D eigenvalue weighted by atomic mass is 32.2. The minimum Gasteiger partial charge on any atom is -0.491 e. The van der Waals surface area contributed by atoms with E-state index in [9.17, 15) is 13.2 Å². The predicted octanol–water partition coefficient (Wildman–Crippen LogP) is 2.59. The summed E-state index contributed by atoms with van der Waals surface area (Å²) in [7, 11) is -1.91. The van der Waals surface area contributed by atoms with Crippen LogP contribution >= 0.6 is 0 Å². The number of nitrogens with one attached hydrogen (secondary N) is 1.